The standard InChI is InChI=1S/C8H13N3/c1-2-6-10-11-7-4-3-5-8(11)9/h2-5,7-8,10H,1,6,9H2. The van der Waals surface area contributed by atoms with Crippen molar-refractivity contribution in [2.45, 2.75) is 6.17 Å². The molecule has 1 heterocycles. The molecule has 0 spiro atoms. The van der Waals surface area contributed by atoms with Crippen LogP contribution in [0.15, 0.2) is 37.1 Å². The van der Waals surface area contributed by atoms with Crippen LogP contribution < -0.4 is 11.2 Å². The highest BCUT2D eigenvalue weighted by atomic mass is 15.5. The quantitative estimate of drug-likeness (QED) is 0.572. The first kappa shape index (κ1) is 8.04. The summed E-state index contributed by atoms with van der Waals surface area (Å²) in [6.07, 6.45) is 9.39. The smallest absolute Gasteiger partial charge is 0.111 e. The normalized spacial score (nSPS) is 22.3. The monoisotopic (exact) mass is 151 g/mol. The number of allylic oxidation sites excluding steroid dienone is 2. The molecule has 0 bridgehead atoms. The van der Waals surface area contributed by atoms with E-state index in [1.165, 1.54) is 0 Å². The highest BCUT2D eigenvalue weighted by Crippen LogP contribution is 1.98. The Morgan fingerprint density at radius 2 is 2.45 bits per heavy atom. The third-order valence-electron chi connectivity index (χ3n) is 1.41. The van der Waals surface area contributed by atoms with Crippen molar-refractivity contribution < 1.29 is 0 Å². The third-order valence-corrected chi connectivity index (χ3v) is 1.41. The predicted octanol–water partition coefficient (Wildman–Crippen LogP) is 0.347. The number of rotatable bonds is 3. The summed E-state index contributed by atoms with van der Waals surface area (Å²) in [5.41, 5.74) is 8.78. The molecule has 3 N–H and O–H groups in total. The van der Waals surface area contributed by atoms with Crippen LogP contribution in [0.25, 0.3) is 0 Å². The van der Waals surface area contributed by atoms with Crippen LogP contribution in [-0.2, 0) is 0 Å². The van der Waals surface area contributed by atoms with Gasteiger partial charge in [0.25, 0.3) is 0 Å². The van der Waals surface area contributed by atoms with Crippen molar-refractivity contribution >= 4 is 0 Å². The van der Waals surface area contributed by atoms with E-state index < -0.39 is 0 Å². The Labute approximate surface area is 66.8 Å². The van der Waals surface area contributed by atoms with E-state index >= 15 is 0 Å². The van der Waals surface area contributed by atoms with Crippen LogP contribution in [0.1, 0.15) is 0 Å². The van der Waals surface area contributed by atoms with Crippen molar-refractivity contribution in [2.75, 3.05) is 6.54 Å². The summed E-state index contributed by atoms with van der Waals surface area (Å²) in [6, 6.07) is 0. The van der Waals surface area contributed by atoms with Gasteiger partial charge in [0.2, 0.25) is 0 Å². The molecule has 1 rings (SSSR count). The van der Waals surface area contributed by atoms with Gasteiger partial charge >= 0.3 is 0 Å². The summed E-state index contributed by atoms with van der Waals surface area (Å²) in [5, 5.41) is 1.84. The maximum Gasteiger partial charge on any atom is 0.111 e. The second-order valence-corrected chi connectivity index (χ2v) is 2.28. The summed E-state index contributed by atoms with van der Waals surface area (Å²) in [7, 11) is 0. The van der Waals surface area contributed by atoms with Crippen LogP contribution in [0.5, 0.6) is 0 Å². The molecular weight excluding hydrogens is 138 g/mol. The molecule has 1 atom stereocenters. The molecule has 1 aliphatic heterocycles. The maximum atomic E-state index is 5.71. The van der Waals surface area contributed by atoms with E-state index in [0.29, 0.717) is 0 Å². The lowest BCUT2D eigenvalue weighted by atomic mass is 10.3. The van der Waals surface area contributed by atoms with Gasteiger partial charge < -0.3 is 5.73 Å². The molecule has 0 radical (unpaired) electrons. The lowest BCUT2D eigenvalue weighted by Gasteiger charge is -2.26. The van der Waals surface area contributed by atoms with Crippen LogP contribution in [-0.4, -0.2) is 17.7 Å². The van der Waals surface area contributed by atoms with E-state index in [2.05, 4.69) is 12.0 Å². The van der Waals surface area contributed by atoms with E-state index in [1.807, 2.05) is 29.4 Å². The maximum absolute atomic E-state index is 5.71. The molecule has 1 unspecified atom stereocenters. The molecule has 0 aromatic rings. The van der Waals surface area contributed by atoms with Gasteiger partial charge in [0.15, 0.2) is 0 Å². The highest BCUT2D eigenvalue weighted by Gasteiger charge is 2.06. The Kier molecular flexibility index (Phi) is 2.89. The Balaban J connectivity index is 2.38. The molecule has 0 saturated carbocycles. The Hall–Kier alpha value is -1.06. The molecule has 0 saturated heterocycles. The van der Waals surface area contributed by atoms with Crippen molar-refractivity contribution in [2.24, 2.45) is 5.73 Å². The minimum absolute atomic E-state index is 0.0695. The first-order valence-electron chi connectivity index (χ1n) is 3.58. The van der Waals surface area contributed by atoms with Gasteiger partial charge in [-0.15, -0.1) is 6.58 Å². The summed E-state index contributed by atoms with van der Waals surface area (Å²) in [5.74, 6) is 0. The molecule has 0 amide bonds. The fourth-order valence-electron chi connectivity index (χ4n) is 0.841. The molecule has 11 heavy (non-hydrogen) atoms. The molecule has 1 aliphatic rings. The largest absolute Gasteiger partial charge is 0.307 e. The average Bonchev–Trinajstić information content (AvgIpc) is 2.03. The SMILES string of the molecule is C=CCNN1C=CC=CC1N. The van der Waals surface area contributed by atoms with Crippen LogP contribution in [0.4, 0.5) is 0 Å². The van der Waals surface area contributed by atoms with Gasteiger partial charge in [-0.2, -0.15) is 0 Å². The molecule has 0 aromatic carbocycles. The first-order chi connectivity index (χ1) is 5.34. The predicted molar refractivity (Wildman–Crippen MR) is 46.3 cm³/mol. The van der Waals surface area contributed by atoms with Crippen molar-refractivity contribution in [3.8, 4) is 0 Å². The molecule has 60 valence electrons. The number of hydrazine groups is 1. The van der Waals surface area contributed by atoms with Gasteiger partial charge in [0.05, 0.1) is 0 Å². The van der Waals surface area contributed by atoms with Crippen LogP contribution in [0.3, 0.4) is 0 Å². The van der Waals surface area contributed by atoms with Gasteiger partial charge in [-0.25, -0.2) is 5.43 Å². The molecule has 3 heteroatoms. The fraction of sp³-hybridized carbons (Fsp3) is 0.250. The minimum atomic E-state index is -0.0695. The Morgan fingerprint density at radius 3 is 3.09 bits per heavy atom. The summed E-state index contributed by atoms with van der Waals surface area (Å²) in [4.78, 5) is 0. The number of nitrogens with one attached hydrogen (secondary N) is 1. The number of nitrogens with two attached hydrogens (primary N) is 1. The summed E-state index contributed by atoms with van der Waals surface area (Å²) < 4.78 is 0. The fourth-order valence-corrected chi connectivity index (χ4v) is 0.841. The second kappa shape index (κ2) is 3.95. The zero-order chi connectivity index (χ0) is 8.10. The molecule has 0 aliphatic carbocycles. The van der Waals surface area contributed by atoms with Crippen LogP contribution in [0, 0.1) is 0 Å². The van der Waals surface area contributed by atoms with Gasteiger partial charge in [0.1, 0.15) is 6.17 Å². The van der Waals surface area contributed by atoms with Gasteiger partial charge in [-0.1, -0.05) is 12.2 Å². The van der Waals surface area contributed by atoms with Crippen LogP contribution in [0.2, 0.25) is 0 Å². The van der Waals surface area contributed by atoms with Crippen molar-refractivity contribution in [1.29, 1.82) is 0 Å². The van der Waals surface area contributed by atoms with E-state index in [0.717, 1.165) is 6.54 Å². The van der Waals surface area contributed by atoms with Gasteiger partial charge in [-0.05, 0) is 12.2 Å². The van der Waals surface area contributed by atoms with Gasteiger partial charge in [-0.3, -0.25) is 5.01 Å². The topological polar surface area (TPSA) is 41.3 Å². The summed E-state index contributed by atoms with van der Waals surface area (Å²) in [6.45, 7) is 4.33. The van der Waals surface area contributed by atoms with E-state index in [-0.39, 0.29) is 6.17 Å². The molecule has 0 fully saturated rings. The van der Waals surface area contributed by atoms with E-state index in [4.69, 9.17) is 5.73 Å². The van der Waals surface area contributed by atoms with E-state index in [9.17, 15) is 0 Å². The summed E-state index contributed by atoms with van der Waals surface area (Å²) >= 11 is 0. The van der Waals surface area contributed by atoms with Crippen molar-refractivity contribution in [1.82, 2.24) is 10.4 Å². The second-order valence-electron chi connectivity index (χ2n) is 2.28. The first-order valence-corrected chi connectivity index (χ1v) is 3.58. The van der Waals surface area contributed by atoms with Gasteiger partial charge in [0, 0.05) is 12.7 Å². The zero-order valence-corrected chi connectivity index (χ0v) is 6.40. The molecular formula is C8H13N3. The lowest BCUT2D eigenvalue weighted by Crippen LogP contribution is -2.46. The Morgan fingerprint density at radius 1 is 1.64 bits per heavy atom. The third kappa shape index (κ3) is 2.22. The number of nitrogens with zero attached hydrogens (tertiary/aromatic N) is 1. The lowest BCUT2D eigenvalue weighted by molar-refractivity contribution is 0.239. The Bertz CT molecular complexity index is 184. The zero-order valence-electron chi connectivity index (χ0n) is 6.40. The number of hydrogen-bond acceptors (Lipinski definition) is 3. The van der Waals surface area contributed by atoms with Crippen molar-refractivity contribution in [3.05, 3.63) is 37.1 Å². The average molecular weight is 151 g/mol. The van der Waals surface area contributed by atoms with E-state index in [1.54, 1.807) is 6.08 Å². The van der Waals surface area contributed by atoms with Crippen molar-refractivity contribution in [3.63, 3.8) is 0 Å². The highest BCUT2D eigenvalue weighted by molar-refractivity contribution is 5.10. The minimum Gasteiger partial charge on any atom is -0.307 e. The molecule has 0 aromatic heterocycles. The molecule has 3 nitrogen and oxygen atoms in total. The van der Waals surface area contributed by atoms with Crippen LogP contribution >= 0.6 is 0 Å². The number of hydrogen-bond donors (Lipinski definition) is 2.